The highest BCUT2D eigenvalue weighted by atomic mass is 16.6. The fourth-order valence-electron chi connectivity index (χ4n) is 3.02. The smallest absolute Gasteiger partial charge is 0.314 e. The third-order valence-electron chi connectivity index (χ3n) is 4.12. The number of hydrogen-bond acceptors (Lipinski definition) is 5. The molecule has 0 spiro atoms. The van der Waals surface area contributed by atoms with Crippen LogP contribution in [-0.2, 0) is 0 Å². The number of hydrogen-bond donors (Lipinski definition) is 0. The van der Waals surface area contributed by atoms with Crippen molar-refractivity contribution in [1.82, 2.24) is 9.97 Å². The van der Waals surface area contributed by atoms with Gasteiger partial charge in [0.1, 0.15) is 0 Å². The highest BCUT2D eigenvalue weighted by molar-refractivity contribution is 5.61. The highest BCUT2D eigenvalue weighted by Crippen LogP contribution is 2.34. The van der Waals surface area contributed by atoms with Crippen molar-refractivity contribution in [3.8, 4) is 0 Å². The van der Waals surface area contributed by atoms with E-state index in [-0.39, 0.29) is 16.5 Å². The van der Waals surface area contributed by atoms with Crippen molar-refractivity contribution >= 4 is 11.5 Å². The van der Waals surface area contributed by atoms with Gasteiger partial charge in [-0.15, -0.1) is 0 Å². The second-order valence-electron chi connectivity index (χ2n) is 5.60. The first kappa shape index (κ1) is 14.4. The summed E-state index contributed by atoms with van der Waals surface area (Å²) in [6.07, 6.45) is 5.46. The zero-order valence-corrected chi connectivity index (χ0v) is 12.5. The molecule has 0 aliphatic carbocycles. The van der Waals surface area contributed by atoms with Crippen LogP contribution in [0.1, 0.15) is 30.0 Å². The van der Waals surface area contributed by atoms with Crippen molar-refractivity contribution in [3.05, 3.63) is 58.0 Å². The summed E-state index contributed by atoms with van der Waals surface area (Å²) in [6, 6.07) is 7.58. The maximum atomic E-state index is 11.4. The highest BCUT2D eigenvalue weighted by Gasteiger charge is 2.29. The molecule has 2 aromatic rings. The number of anilines is 1. The van der Waals surface area contributed by atoms with Crippen LogP contribution in [0.2, 0.25) is 0 Å². The third-order valence-corrected chi connectivity index (χ3v) is 4.12. The van der Waals surface area contributed by atoms with Crippen LogP contribution in [0.5, 0.6) is 0 Å². The zero-order chi connectivity index (χ0) is 15.5. The maximum Gasteiger partial charge on any atom is 0.314 e. The molecular formula is C16H18N4O2. The molecular weight excluding hydrogens is 280 g/mol. The number of nitro groups is 1. The van der Waals surface area contributed by atoms with E-state index in [0.29, 0.717) is 17.9 Å². The van der Waals surface area contributed by atoms with Gasteiger partial charge in [-0.3, -0.25) is 15.1 Å². The summed E-state index contributed by atoms with van der Waals surface area (Å²) in [5.74, 6) is 0.766. The van der Waals surface area contributed by atoms with Gasteiger partial charge in [-0.1, -0.05) is 6.07 Å². The second-order valence-corrected chi connectivity index (χ2v) is 5.60. The lowest BCUT2D eigenvalue weighted by Crippen LogP contribution is -2.35. The van der Waals surface area contributed by atoms with Gasteiger partial charge >= 0.3 is 5.69 Å². The van der Waals surface area contributed by atoms with Crippen molar-refractivity contribution < 1.29 is 4.92 Å². The second kappa shape index (κ2) is 6.09. The topological polar surface area (TPSA) is 72.2 Å². The van der Waals surface area contributed by atoms with Crippen LogP contribution >= 0.6 is 0 Å². The molecule has 0 aromatic carbocycles. The van der Waals surface area contributed by atoms with Crippen molar-refractivity contribution in [2.75, 3.05) is 18.0 Å². The van der Waals surface area contributed by atoms with Crippen LogP contribution in [-0.4, -0.2) is 28.0 Å². The molecule has 1 aliphatic heterocycles. The zero-order valence-electron chi connectivity index (χ0n) is 12.5. The summed E-state index contributed by atoms with van der Waals surface area (Å²) >= 11 is 0. The predicted molar refractivity (Wildman–Crippen MR) is 84.1 cm³/mol. The van der Waals surface area contributed by atoms with Gasteiger partial charge in [0.25, 0.3) is 0 Å². The number of nitrogens with zero attached hydrogens (tertiary/aromatic N) is 4. The molecule has 1 atom stereocenters. The standard InChI is InChI=1S/C16H18N4O2/c1-12-7-9-18-16(15(12)20(21)22)19-10-4-5-13(11-19)14-6-2-3-8-17-14/h2-3,6-9,13H,4-5,10-11H2,1H3/t13-/m0/s1. The van der Waals surface area contributed by atoms with Crippen molar-refractivity contribution in [1.29, 1.82) is 0 Å². The maximum absolute atomic E-state index is 11.4. The van der Waals surface area contributed by atoms with Gasteiger partial charge in [0.15, 0.2) is 0 Å². The van der Waals surface area contributed by atoms with Gasteiger partial charge in [-0.05, 0) is 38.0 Å². The molecule has 3 heterocycles. The van der Waals surface area contributed by atoms with E-state index < -0.39 is 0 Å². The largest absolute Gasteiger partial charge is 0.350 e. The fraction of sp³-hybridized carbons (Fsp3) is 0.375. The molecule has 0 saturated carbocycles. The fourth-order valence-corrected chi connectivity index (χ4v) is 3.02. The summed E-state index contributed by atoms with van der Waals surface area (Å²) in [5, 5.41) is 11.4. The van der Waals surface area contributed by atoms with Crippen LogP contribution in [0.4, 0.5) is 11.5 Å². The first-order valence-corrected chi connectivity index (χ1v) is 7.42. The molecule has 0 unspecified atom stereocenters. The molecule has 2 aromatic heterocycles. The van der Waals surface area contributed by atoms with Crippen LogP contribution < -0.4 is 4.90 Å². The first-order valence-electron chi connectivity index (χ1n) is 7.42. The molecule has 1 saturated heterocycles. The Morgan fingerprint density at radius 3 is 2.86 bits per heavy atom. The molecule has 0 bridgehead atoms. The Morgan fingerprint density at radius 1 is 1.27 bits per heavy atom. The monoisotopic (exact) mass is 298 g/mol. The van der Waals surface area contributed by atoms with Gasteiger partial charge in [0.2, 0.25) is 5.82 Å². The Labute approximate surface area is 129 Å². The molecule has 0 radical (unpaired) electrons. The number of aromatic nitrogens is 2. The molecule has 6 heteroatoms. The van der Waals surface area contributed by atoms with Gasteiger partial charge in [0.05, 0.1) is 4.92 Å². The molecule has 6 nitrogen and oxygen atoms in total. The summed E-state index contributed by atoms with van der Waals surface area (Å²) in [6.45, 7) is 3.26. The van der Waals surface area contributed by atoms with Gasteiger partial charge < -0.3 is 4.90 Å². The lowest BCUT2D eigenvalue weighted by atomic mass is 9.94. The van der Waals surface area contributed by atoms with Gasteiger partial charge in [0, 0.05) is 42.7 Å². The number of pyridine rings is 2. The van der Waals surface area contributed by atoms with E-state index >= 15 is 0 Å². The molecule has 3 rings (SSSR count). The van der Waals surface area contributed by atoms with E-state index in [1.54, 1.807) is 25.4 Å². The first-order chi connectivity index (χ1) is 10.7. The number of aryl methyl sites for hydroxylation is 1. The van der Waals surface area contributed by atoms with Crippen LogP contribution in [0.25, 0.3) is 0 Å². The van der Waals surface area contributed by atoms with Crippen LogP contribution in [0.15, 0.2) is 36.7 Å². The summed E-state index contributed by atoms with van der Waals surface area (Å²) in [4.78, 5) is 21.8. The molecule has 0 amide bonds. The molecule has 1 aliphatic rings. The molecule has 0 N–H and O–H groups in total. The lowest BCUT2D eigenvalue weighted by Gasteiger charge is -2.33. The Hall–Kier alpha value is -2.50. The van der Waals surface area contributed by atoms with E-state index in [1.165, 1.54) is 0 Å². The van der Waals surface area contributed by atoms with Crippen molar-refractivity contribution in [2.24, 2.45) is 0 Å². The van der Waals surface area contributed by atoms with E-state index in [9.17, 15) is 10.1 Å². The average molecular weight is 298 g/mol. The SMILES string of the molecule is Cc1ccnc(N2CCC[C@H](c3ccccn3)C2)c1[N+](=O)[O-]. The third kappa shape index (κ3) is 2.77. The number of rotatable bonds is 3. The van der Waals surface area contributed by atoms with Crippen molar-refractivity contribution in [3.63, 3.8) is 0 Å². The normalized spacial score (nSPS) is 18.2. The molecule has 1 fully saturated rings. The minimum Gasteiger partial charge on any atom is -0.350 e. The molecule has 114 valence electrons. The summed E-state index contributed by atoms with van der Waals surface area (Å²) in [7, 11) is 0. The molecule has 22 heavy (non-hydrogen) atoms. The van der Waals surface area contributed by atoms with E-state index in [4.69, 9.17) is 0 Å². The Morgan fingerprint density at radius 2 is 2.14 bits per heavy atom. The van der Waals surface area contributed by atoms with E-state index in [0.717, 1.165) is 25.1 Å². The van der Waals surface area contributed by atoms with Crippen LogP contribution in [0.3, 0.4) is 0 Å². The van der Waals surface area contributed by atoms with Crippen LogP contribution in [0, 0.1) is 17.0 Å². The van der Waals surface area contributed by atoms with E-state index in [1.807, 2.05) is 23.1 Å². The Bertz CT molecular complexity index is 675. The Kier molecular flexibility index (Phi) is 4.00. The van der Waals surface area contributed by atoms with Crippen molar-refractivity contribution in [2.45, 2.75) is 25.7 Å². The quantitative estimate of drug-likeness (QED) is 0.643. The lowest BCUT2D eigenvalue weighted by molar-refractivity contribution is -0.384. The summed E-state index contributed by atoms with van der Waals surface area (Å²) in [5.41, 5.74) is 1.81. The summed E-state index contributed by atoms with van der Waals surface area (Å²) < 4.78 is 0. The predicted octanol–water partition coefficient (Wildman–Crippen LogP) is 3.08. The van der Waals surface area contributed by atoms with Gasteiger partial charge in [-0.25, -0.2) is 4.98 Å². The number of piperidine rings is 1. The average Bonchev–Trinajstić information content (AvgIpc) is 2.55. The van der Waals surface area contributed by atoms with E-state index in [2.05, 4.69) is 9.97 Å². The minimum atomic E-state index is -0.331. The minimum absolute atomic E-state index is 0.115. The Balaban J connectivity index is 1.90. The van der Waals surface area contributed by atoms with Gasteiger partial charge in [-0.2, -0.15) is 0 Å².